The first kappa shape index (κ1) is 16.2. The molecule has 0 atom stereocenters. The number of nitrogens with zero attached hydrogens (tertiary/aromatic N) is 1. The first-order chi connectivity index (χ1) is 10.5. The number of carbonyl (C=O) groups is 2. The molecule has 1 aromatic carbocycles. The van der Waals surface area contributed by atoms with Crippen molar-refractivity contribution >= 4 is 46.0 Å². The smallest absolute Gasteiger partial charge is 0.350 e. The Morgan fingerprint density at radius 3 is 2.64 bits per heavy atom. The molecule has 22 heavy (non-hydrogen) atoms. The monoisotopic (exact) mass is 336 g/mol. The third-order valence-corrected chi connectivity index (χ3v) is 4.00. The van der Waals surface area contributed by atoms with Crippen LogP contribution in [0, 0.1) is 6.92 Å². The minimum Gasteiger partial charge on any atom is -0.465 e. The van der Waals surface area contributed by atoms with E-state index in [1.54, 1.807) is 37.3 Å². The maximum atomic E-state index is 11.8. The van der Waals surface area contributed by atoms with Crippen LogP contribution < -0.4 is 5.32 Å². The summed E-state index contributed by atoms with van der Waals surface area (Å²) < 4.78 is 4.64. The van der Waals surface area contributed by atoms with E-state index in [9.17, 15) is 9.59 Å². The molecule has 0 saturated heterocycles. The number of esters is 1. The summed E-state index contributed by atoms with van der Waals surface area (Å²) in [5.74, 6) is -0.799. The average Bonchev–Trinajstić information content (AvgIpc) is 2.86. The molecule has 0 radical (unpaired) electrons. The highest BCUT2D eigenvalue weighted by Gasteiger charge is 2.16. The number of hydrogen-bond acceptors (Lipinski definition) is 5. The average molecular weight is 337 g/mol. The Kier molecular flexibility index (Phi) is 5.30. The van der Waals surface area contributed by atoms with Crippen LogP contribution in [0.1, 0.15) is 20.9 Å². The van der Waals surface area contributed by atoms with E-state index in [2.05, 4.69) is 15.0 Å². The lowest BCUT2D eigenvalue weighted by molar-refractivity contribution is -0.111. The van der Waals surface area contributed by atoms with Gasteiger partial charge in [-0.3, -0.25) is 10.1 Å². The van der Waals surface area contributed by atoms with Crippen LogP contribution in [0.15, 0.2) is 30.3 Å². The van der Waals surface area contributed by atoms with Gasteiger partial charge in [0.2, 0.25) is 5.91 Å². The van der Waals surface area contributed by atoms with Gasteiger partial charge < -0.3 is 4.74 Å². The van der Waals surface area contributed by atoms with Crippen LogP contribution in [0.3, 0.4) is 0 Å². The van der Waals surface area contributed by atoms with Crippen molar-refractivity contribution in [3.8, 4) is 0 Å². The second-order valence-electron chi connectivity index (χ2n) is 4.30. The first-order valence-corrected chi connectivity index (χ1v) is 7.49. The number of hydrogen-bond donors (Lipinski definition) is 1. The second-order valence-corrected chi connectivity index (χ2v) is 5.73. The van der Waals surface area contributed by atoms with Crippen LogP contribution in [0.4, 0.5) is 5.13 Å². The van der Waals surface area contributed by atoms with Crippen molar-refractivity contribution in [2.75, 3.05) is 12.4 Å². The largest absolute Gasteiger partial charge is 0.465 e. The normalized spacial score (nSPS) is 10.7. The highest BCUT2D eigenvalue weighted by molar-refractivity contribution is 7.17. The molecule has 7 heteroatoms. The highest BCUT2D eigenvalue weighted by atomic mass is 35.5. The minimum absolute atomic E-state index is 0.333. The van der Waals surface area contributed by atoms with E-state index in [-0.39, 0.29) is 5.91 Å². The lowest BCUT2D eigenvalue weighted by atomic mass is 10.2. The zero-order valence-electron chi connectivity index (χ0n) is 11.9. The van der Waals surface area contributed by atoms with Gasteiger partial charge in [0.25, 0.3) is 0 Å². The summed E-state index contributed by atoms with van der Waals surface area (Å²) >= 11 is 6.86. The number of halogens is 1. The SMILES string of the molecule is COC(=O)c1sc(NC(=O)/C=C/c2ccc(Cl)cc2)nc1C. The molecular weight excluding hydrogens is 324 g/mol. The van der Waals surface area contributed by atoms with E-state index >= 15 is 0 Å². The van der Waals surface area contributed by atoms with Gasteiger partial charge in [-0.15, -0.1) is 0 Å². The number of amides is 1. The number of rotatable bonds is 4. The Bertz CT molecular complexity index is 723. The number of nitrogens with one attached hydrogen (secondary N) is 1. The molecule has 1 heterocycles. The van der Waals surface area contributed by atoms with Gasteiger partial charge in [0.05, 0.1) is 12.8 Å². The van der Waals surface area contributed by atoms with Gasteiger partial charge in [-0.1, -0.05) is 35.1 Å². The van der Waals surface area contributed by atoms with Gasteiger partial charge in [-0.2, -0.15) is 0 Å². The van der Waals surface area contributed by atoms with E-state index in [1.807, 2.05) is 0 Å². The summed E-state index contributed by atoms with van der Waals surface area (Å²) in [4.78, 5) is 27.8. The zero-order chi connectivity index (χ0) is 16.1. The van der Waals surface area contributed by atoms with E-state index in [1.165, 1.54) is 13.2 Å². The quantitative estimate of drug-likeness (QED) is 0.685. The molecule has 2 aromatic rings. The number of aryl methyl sites for hydroxylation is 1. The maximum Gasteiger partial charge on any atom is 0.350 e. The fourth-order valence-corrected chi connectivity index (χ4v) is 2.64. The van der Waals surface area contributed by atoms with Crippen molar-refractivity contribution in [1.29, 1.82) is 0 Å². The molecule has 114 valence electrons. The molecule has 0 aliphatic heterocycles. The van der Waals surface area contributed by atoms with Crippen molar-refractivity contribution in [3.63, 3.8) is 0 Å². The second kappa shape index (κ2) is 7.20. The molecule has 1 amide bonds. The molecule has 0 spiro atoms. The Morgan fingerprint density at radius 2 is 2.00 bits per heavy atom. The van der Waals surface area contributed by atoms with E-state index in [0.29, 0.717) is 20.7 Å². The third kappa shape index (κ3) is 4.16. The van der Waals surface area contributed by atoms with Crippen LogP contribution in [-0.2, 0) is 9.53 Å². The fraction of sp³-hybridized carbons (Fsp3) is 0.133. The predicted octanol–water partition coefficient (Wildman–Crippen LogP) is 3.54. The summed E-state index contributed by atoms with van der Waals surface area (Å²) in [6.07, 6.45) is 3.05. The Hall–Kier alpha value is -2.18. The number of methoxy groups -OCH3 is 1. The van der Waals surface area contributed by atoms with Crippen molar-refractivity contribution < 1.29 is 14.3 Å². The molecule has 0 aliphatic rings. The van der Waals surface area contributed by atoms with Crippen molar-refractivity contribution in [1.82, 2.24) is 4.98 Å². The standard InChI is InChI=1S/C15H13ClN2O3S/c1-9-13(14(20)21-2)22-15(17-9)18-12(19)8-5-10-3-6-11(16)7-4-10/h3-8H,1-2H3,(H,17,18,19)/b8-5+. The Balaban J connectivity index is 2.03. The van der Waals surface area contributed by atoms with Crippen LogP contribution in [0.25, 0.3) is 6.08 Å². The van der Waals surface area contributed by atoms with Crippen molar-refractivity contribution in [3.05, 3.63) is 51.5 Å². The van der Waals surface area contributed by atoms with Crippen LogP contribution in [-0.4, -0.2) is 24.0 Å². The van der Waals surface area contributed by atoms with E-state index in [0.717, 1.165) is 16.9 Å². The van der Waals surface area contributed by atoms with E-state index < -0.39 is 5.97 Å². The number of carbonyl (C=O) groups excluding carboxylic acids is 2. The molecule has 1 aromatic heterocycles. The van der Waals surface area contributed by atoms with Crippen LogP contribution in [0.5, 0.6) is 0 Å². The topological polar surface area (TPSA) is 68.3 Å². The number of benzene rings is 1. The fourth-order valence-electron chi connectivity index (χ4n) is 1.62. The molecular formula is C15H13ClN2O3S. The van der Waals surface area contributed by atoms with Gasteiger partial charge in [0.15, 0.2) is 5.13 Å². The van der Waals surface area contributed by atoms with Crippen LogP contribution >= 0.6 is 22.9 Å². The van der Waals surface area contributed by atoms with Gasteiger partial charge in [-0.25, -0.2) is 9.78 Å². The molecule has 0 saturated carbocycles. The van der Waals surface area contributed by atoms with Gasteiger partial charge in [0.1, 0.15) is 4.88 Å². The maximum absolute atomic E-state index is 11.8. The summed E-state index contributed by atoms with van der Waals surface area (Å²) in [6, 6.07) is 7.09. The first-order valence-electron chi connectivity index (χ1n) is 6.30. The lowest BCUT2D eigenvalue weighted by Crippen LogP contribution is -2.07. The van der Waals surface area contributed by atoms with Crippen LogP contribution in [0.2, 0.25) is 5.02 Å². The summed E-state index contributed by atoms with van der Waals surface area (Å²) in [5, 5.41) is 3.60. The third-order valence-electron chi connectivity index (χ3n) is 2.69. The number of aromatic nitrogens is 1. The minimum atomic E-state index is -0.466. The Labute approximate surface area is 136 Å². The Morgan fingerprint density at radius 1 is 1.32 bits per heavy atom. The van der Waals surface area contributed by atoms with Gasteiger partial charge in [-0.05, 0) is 30.7 Å². The molecule has 1 N–H and O–H groups in total. The molecule has 0 aliphatic carbocycles. The zero-order valence-corrected chi connectivity index (χ0v) is 13.5. The number of ether oxygens (including phenoxy) is 1. The molecule has 0 bridgehead atoms. The van der Waals surface area contributed by atoms with Gasteiger partial charge >= 0.3 is 5.97 Å². The molecule has 0 unspecified atom stereocenters. The lowest BCUT2D eigenvalue weighted by Gasteiger charge is -1.96. The van der Waals surface area contributed by atoms with Crippen molar-refractivity contribution in [2.45, 2.75) is 6.92 Å². The van der Waals surface area contributed by atoms with Gasteiger partial charge in [0, 0.05) is 11.1 Å². The van der Waals surface area contributed by atoms with E-state index in [4.69, 9.17) is 11.6 Å². The molecule has 0 fully saturated rings. The number of anilines is 1. The molecule has 2 rings (SSSR count). The highest BCUT2D eigenvalue weighted by Crippen LogP contribution is 2.23. The van der Waals surface area contributed by atoms with Crippen molar-refractivity contribution in [2.24, 2.45) is 0 Å². The summed E-state index contributed by atoms with van der Waals surface area (Å²) in [7, 11) is 1.30. The summed E-state index contributed by atoms with van der Waals surface area (Å²) in [5.41, 5.74) is 1.37. The summed E-state index contributed by atoms with van der Waals surface area (Å²) in [6.45, 7) is 1.68. The predicted molar refractivity (Wildman–Crippen MR) is 87.3 cm³/mol. The molecule has 5 nitrogen and oxygen atoms in total. The number of thiazole rings is 1.